The summed E-state index contributed by atoms with van der Waals surface area (Å²) in [7, 11) is 0. The van der Waals surface area contributed by atoms with Gasteiger partial charge in [-0.05, 0) is 63.0 Å². The molecule has 0 spiro atoms. The molecule has 192 valence electrons. The third kappa shape index (κ3) is 4.84. The van der Waals surface area contributed by atoms with E-state index in [4.69, 9.17) is 10.7 Å². The van der Waals surface area contributed by atoms with Crippen molar-refractivity contribution in [3.63, 3.8) is 0 Å². The number of hydrogen-bond acceptors (Lipinski definition) is 7. The minimum Gasteiger partial charge on any atom is -0.393 e. The molecule has 0 saturated heterocycles. The van der Waals surface area contributed by atoms with Gasteiger partial charge in [-0.2, -0.15) is 4.98 Å². The fraction of sp³-hybridized carbons (Fsp3) is 0.520. The molecule has 2 heterocycles. The number of aliphatic hydroxyl groups is 1. The van der Waals surface area contributed by atoms with Crippen LogP contribution in [-0.2, 0) is 4.79 Å². The fourth-order valence-corrected chi connectivity index (χ4v) is 5.35. The number of aliphatic hydroxyl groups excluding tert-OH is 1. The van der Waals surface area contributed by atoms with Gasteiger partial charge in [0.15, 0.2) is 5.65 Å². The van der Waals surface area contributed by atoms with Crippen LogP contribution in [0.5, 0.6) is 0 Å². The molecule has 11 heteroatoms. The molecule has 3 aromatic rings. The zero-order chi connectivity index (χ0) is 25.4. The third-order valence-corrected chi connectivity index (χ3v) is 7.58. The van der Waals surface area contributed by atoms with E-state index in [2.05, 4.69) is 20.6 Å². The maximum Gasteiger partial charge on any atom is 0.224 e. The number of hydrogen-bond donors (Lipinski definition) is 4. The molecule has 0 bridgehead atoms. The molecular weight excluding hydrogens is 468 g/mol. The van der Waals surface area contributed by atoms with Gasteiger partial charge in [-0.1, -0.05) is 13.0 Å². The van der Waals surface area contributed by atoms with Crippen molar-refractivity contribution < 1.29 is 18.7 Å². The number of amides is 1. The van der Waals surface area contributed by atoms with E-state index in [1.54, 1.807) is 6.20 Å². The van der Waals surface area contributed by atoms with Crippen LogP contribution < -0.4 is 16.4 Å². The number of aromatic nitrogens is 4. The van der Waals surface area contributed by atoms with Gasteiger partial charge in [0.1, 0.15) is 22.8 Å². The highest BCUT2D eigenvalue weighted by Crippen LogP contribution is 2.37. The number of halogens is 2. The van der Waals surface area contributed by atoms with E-state index < -0.39 is 11.6 Å². The Kier molecular flexibility index (Phi) is 6.74. The summed E-state index contributed by atoms with van der Waals surface area (Å²) in [6, 6.07) is 3.61. The number of primary amides is 1. The molecule has 2 aromatic heterocycles. The normalized spacial score (nSPS) is 26.6. The SMILES string of the molecule is C[C@@H]1CCC(Nc2ncc3nc(Nc4c(F)cccc4F)n(C4CCC(C(N)=O)CC4)c3n2)C[C@H]1O. The second kappa shape index (κ2) is 9.96. The second-order valence-corrected chi connectivity index (χ2v) is 10.0. The summed E-state index contributed by atoms with van der Waals surface area (Å²) >= 11 is 0. The highest BCUT2D eigenvalue weighted by Gasteiger charge is 2.30. The van der Waals surface area contributed by atoms with E-state index >= 15 is 0 Å². The molecular formula is C25H31F2N7O2. The molecule has 2 aliphatic carbocycles. The van der Waals surface area contributed by atoms with E-state index in [0.717, 1.165) is 12.8 Å². The first-order valence-electron chi connectivity index (χ1n) is 12.5. The zero-order valence-corrected chi connectivity index (χ0v) is 20.1. The number of imidazole rings is 1. The lowest BCUT2D eigenvalue weighted by atomic mass is 9.85. The Morgan fingerprint density at radius 3 is 2.50 bits per heavy atom. The number of para-hydroxylation sites is 1. The van der Waals surface area contributed by atoms with E-state index in [1.807, 2.05) is 11.5 Å². The summed E-state index contributed by atoms with van der Waals surface area (Å²) in [5.74, 6) is -1.04. The highest BCUT2D eigenvalue weighted by molar-refractivity contribution is 5.78. The number of benzene rings is 1. The molecule has 1 aromatic carbocycles. The molecule has 2 saturated carbocycles. The molecule has 36 heavy (non-hydrogen) atoms. The summed E-state index contributed by atoms with van der Waals surface area (Å²) in [5, 5.41) is 16.4. The Balaban J connectivity index is 1.49. The Labute approximate surface area is 207 Å². The van der Waals surface area contributed by atoms with Gasteiger partial charge in [0.25, 0.3) is 0 Å². The van der Waals surface area contributed by atoms with E-state index in [0.29, 0.717) is 49.2 Å². The number of carbonyl (C=O) groups excluding carboxylic acids is 1. The van der Waals surface area contributed by atoms with Crippen molar-refractivity contribution in [2.75, 3.05) is 10.6 Å². The van der Waals surface area contributed by atoms with Crippen LogP contribution in [0.1, 0.15) is 57.9 Å². The van der Waals surface area contributed by atoms with Crippen LogP contribution in [0.25, 0.3) is 11.2 Å². The first-order chi connectivity index (χ1) is 17.3. The third-order valence-electron chi connectivity index (χ3n) is 7.58. The van der Waals surface area contributed by atoms with E-state index in [1.165, 1.54) is 18.2 Å². The van der Waals surface area contributed by atoms with E-state index in [9.17, 15) is 18.7 Å². The van der Waals surface area contributed by atoms with Crippen molar-refractivity contribution in [2.24, 2.45) is 17.6 Å². The van der Waals surface area contributed by atoms with Crippen LogP contribution in [0.15, 0.2) is 24.4 Å². The van der Waals surface area contributed by atoms with Gasteiger partial charge in [0, 0.05) is 18.0 Å². The van der Waals surface area contributed by atoms with Gasteiger partial charge < -0.3 is 21.5 Å². The van der Waals surface area contributed by atoms with Gasteiger partial charge in [-0.3, -0.25) is 9.36 Å². The maximum absolute atomic E-state index is 14.4. The van der Waals surface area contributed by atoms with Crippen molar-refractivity contribution in [3.05, 3.63) is 36.0 Å². The number of nitrogens with zero attached hydrogens (tertiary/aromatic N) is 4. The molecule has 0 aliphatic heterocycles. The standard InChI is InChI=1S/C25H31F2N7O2/c1-13-5-8-15(11-20(13)35)30-24-29-12-19-23(33-24)34(16-9-6-14(7-10-16)22(28)36)25(31-19)32-21-17(26)3-2-4-18(21)27/h2-4,12-16,20,35H,5-11H2,1H3,(H2,28,36)(H,31,32)(H,29,30,33)/t13-,14?,15?,16?,20-/m1/s1. The molecule has 1 amide bonds. The van der Waals surface area contributed by atoms with E-state index in [-0.39, 0.29) is 47.6 Å². The summed E-state index contributed by atoms with van der Waals surface area (Å²) in [4.78, 5) is 25.4. The number of fused-ring (bicyclic) bond motifs is 1. The Morgan fingerprint density at radius 2 is 1.83 bits per heavy atom. The Bertz CT molecular complexity index is 1240. The van der Waals surface area contributed by atoms with Crippen LogP contribution >= 0.6 is 0 Å². The first kappa shape index (κ1) is 24.4. The van der Waals surface area contributed by atoms with Crippen LogP contribution in [0, 0.1) is 23.5 Å². The van der Waals surface area contributed by atoms with Crippen LogP contribution in [-0.4, -0.2) is 42.7 Å². The molecule has 9 nitrogen and oxygen atoms in total. The first-order valence-corrected chi connectivity index (χ1v) is 12.5. The highest BCUT2D eigenvalue weighted by atomic mass is 19.1. The fourth-order valence-electron chi connectivity index (χ4n) is 5.35. The van der Waals surface area contributed by atoms with Gasteiger partial charge in [0.05, 0.1) is 12.3 Å². The van der Waals surface area contributed by atoms with Crippen LogP contribution in [0.2, 0.25) is 0 Å². The minimum atomic E-state index is -0.732. The summed E-state index contributed by atoms with van der Waals surface area (Å²) in [5.41, 5.74) is 6.23. The number of carbonyl (C=O) groups is 1. The van der Waals surface area contributed by atoms with Gasteiger partial charge in [-0.25, -0.2) is 18.7 Å². The lowest BCUT2D eigenvalue weighted by Crippen LogP contribution is -2.35. The average Bonchev–Trinajstić information content (AvgIpc) is 3.21. The number of nitrogens with one attached hydrogen (secondary N) is 2. The maximum atomic E-state index is 14.4. The van der Waals surface area contributed by atoms with Crippen molar-refractivity contribution >= 4 is 34.7 Å². The average molecular weight is 500 g/mol. The van der Waals surface area contributed by atoms with Crippen LogP contribution in [0.4, 0.5) is 26.4 Å². The molecule has 5 rings (SSSR count). The number of rotatable bonds is 6. The monoisotopic (exact) mass is 499 g/mol. The number of anilines is 3. The molecule has 2 aliphatic rings. The van der Waals surface area contributed by atoms with Crippen molar-refractivity contribution in [3.8, 4) is 0 Å². The second-order valence-electron chi connectivity index (χ2n) is 10.0. The Hall–Kier alpha value is -3.34. The lowest BCUT2D eigenvalue weighted by Gasteiger charge is -2.31. The number of nitrogens with two attached hydrogens (primary N) is 1. The molecule has 5 N–H and O–H groups in total. The predicted octanol–water partition coefficient (Wildman–Crippen LogP) is 4.03. The largest absolute Gasteiger partial charge is 0.393 e. The van der Waals surface area contributed by atoms with Crippen molar-refractivity contribution in [1.29, 1.82) is 0 Å². The van der Waals surface area contributed by atoms with Crippen LogP contribution in [0.3, 0.4) is 0 Å². The molecule has 1 unspecified atom stereocenters. The molecule has 2 fully saturated rings. The zero-order valence-electron chi connectivity index (χ0n) is 20.1. The lowest BCUT2D eigenvalue weighted by molar-refractivity contribution is -0.122. The Morgan fingerprint density at radius 1 is 1.11 bits per heavy atom. The molecule has 3 atom stereocenters. The smallest absolute Gasteiger partial charge is 0.224 e. The van der Waals surface area contributed by atoms with Crippen molar-refractivity contribution in [1.82, 2.24) is 19.5 Å². The quantitative estimate of drug-likeness (QED) is 0.403. The van der Waals surface area contributed by atoms with Crippen molar-refractivity contribution in [2.45, 2.75) is 70.1 Å². The van der Waals surface area contributed by atoms with Gasteiger partial charge in [0.2, 0.25) is 17.8 Å². The van der Waals surface area contributed by atoms with Gasteiger partial charge in [-0.15, -0.1) is 0 Å². The minimum absolute atomic E-state index is 0.0427. The summed E-state index contributed by atoms with van der Waals surface area (Å²) in [6.07, 6.45) is 6.14. The topological polar surface area (TPSA) is 131 Å². The summed E-state index contributed by atoms with van der Waals surface area (Å²) in [6.45, 7) is 2.04. The van der Waals surface area contributed by atoms with Gasteiger partial charge >= 0.3 is 0 Å². The predicted molar refractivity (Wildman–Crippen MR) is 132 cm³/mol. The summed E-state index contributed by atoms with van der Waals surface area (Å²) < 4.78 is 30.7. The molecule has 0 radical (unpaired) electrons.